The monoisotopic (exact) mass is 388 g/mol. The van der Waals surface area contributed by atoms with Crippen LogP contribution in [0, 0.1) is 11.6 Å². The SMILES string of the molecule is O=C([O-])c1cccc(Cc2cc(Cl)ccc2OCc2ccc(F)cc2F)n1. The Labute approximate surface area is 159 Å². The quantitative estimate of drug-likeness (QED) is 0.648. The predicted molar refractivity (Wildman–Crippen MR) is 93.5 cm³/mol. The van der Waals surface area contributed by atoms with Gasteiger partial charge in [0.25, 0.3) is 0 Å². The molecule has 0 saturated carbocycles. The molecule has 4 nitrogen and oxygen atoms in total. The van der Waals surface area contributed by atoms with Gasteiger partial charge in [-0.2, -0.15) is 0 Å². The minimum absolute atomic E-state index is 0.104. The van der Waals surface area contributed by atoms with Crippen LogP contribution in [-0.2, 0) is 13.0 Å². The highest BCUT2D eigenvalue weighted by molar-refractivity contribution is 6.30. The summed E-state index contributed by atoms with van der Waals surface area (Å²) in [6.07, 6.45) is 0.253. The molecule has 0 aliphatic rings. The number of ether oxygens (including phenoxy) is 1. The molecule has 3 rings (SSSR count). The molecule has 0 atom stereocenters. The van der Waals surface area contributed by atoms with Crippen molar-refractivity contribution in [2.45, 2.75) is 13.0 Å². The first kappa shape index (κ1) is 18.8. The van der Waals surface area contributed by atoms with Gasteiger partial charge in [0.2, 0.25) is 0 Å². The van der Waals surface area contributed by atoms with Gasteiger partial charge in [0.1, 0.15) is 24.0 Å². The van der Waals surface area contributed by atoms with Crippen LogP contribution in [0.4, 0.5) is 8.78 Å². The second-order valence-electron chi connectivity index (χ2n) is 5.75. The van der Waals surface area contributed by atoms with E-state index in [1.807, 2.05) is 0 Å². The largest absolute Gasteiger partial charge is 0.543 e. The Hall–Kier alpha value is -2.99. The topological polar surface area (TPSA) is 62.2 Å². The maximum atomic E-state index is 13.8. The van der Waals surface area contributed by atoms with Crippen molar-refractivity contribution >= 4 is 17.6 Å². The van der Waals surface area contributed by atoms with E-state index in [4.69, 9.17) is 16.3 Å². The van der Waals surface area contributed by atoms with Crippen molar-refractivity contribution in [1.82, 2.24) is 4.98 Å². The zero-order valence-corrected chi connectivity index (χ0v) is 14.7. The summed E-state index contributed by atoms with van der Waals surface area (Å²) in [6, 6.07) is 12.7. The molecule has 27 heavy (non-hydrogen) atoms. The van der Waals surface area contributed by atoms with Gasteiger partial charge in [-0.3, -0.25) is 4.98 Å². The number of rotatable bonds is 6. The number of carbonyl (C=O) groups is 1. The molecule has 3 aromatic rings. The first-order chi connectivity index (χ1) is 12.9. The van der Waals surface area contributed by atoms with Crippen LogP contribution < -0.4 is 9.84 Å². The number of carboxylic acid groups (broad SMARTS) is 1. The van der Waals surface area contributed by atoms with Crippen molar-refractivity contribution < 1.29 is 23.4 Å². The van der Waals surface area contributed by atoms with E-state index in [-0.39, 0.29) is 24.3 Å². The molecule has 0 amide bonds. The molecule has 0 spiro atoms. The van der Waals surface area contributed by atoms with E-state index in [0.717, 1.165) is 12.1 Å². The standard InChI is InChI=1S/C20H14ClF2NO3/c21-14-5-7-19(27-11-12-4-6-15(22)10-17(12)23)13(8-14)9-16-2-1-3-18(24-16)20(25)26/h1-8,10H,9,11H2,(H,25,26)/p-1. The zero-order valence-electron chi connectivity index (χ0n) is 13.9. The lowest BCUT2D eigenvalue weighted by Gasteiger charge is -2.13. The van der Waals surface area contributed by atoms with E-state index in [1.165, 1.54) is 12.1 Å². The Kier molecular flexibility index (Phi) is 5.66. The summed E-state index contributed by atoms with van der Waals surface area (Å²) < 4.78 is 32.4. The molecular weight excluding hydrogens is 376 g/mol. The van der Waals surface area contributed by atoms with Crippen LogP contribution in [0.3, 0.4) is 0 Å². The summed E-state index contributed by atoms with van der Waals surface area (Å²) >= 11 is 6.04. The van der Waals surface area contributed by atoms with Gasteiger partial charge in [-0.25, -0.2) is 8.78 Å². The predicted octanol–water partition coefficient (Wildman–Crippen LogP) is 3.55. The van der Waals surface area contributed by atoms with E-state index in [0.29, 0.717) is 22.0 Å². The van der Waals surface area contributed by atoms with Gasteiger partial charge >= 0.3 is 0 Å². The summed E-state index contributed by atoms with van der Waals surface area (Å²) in [5.74, 6) is -2.30. The lowest BCUT2D eigenvalue weighted by Crippen LogP contribution is -2.23. The molecule has 0 fully saturated rings. The molecule has 2 aromatic carbocycles. The Morgan fingerprint density at radius 1 is 1.07 bits per heavy atom. The highest BCUT2D eigenvalue weighted by Crippen LogP contribution is 2.26. The number of carbonyl (C=O) groups excluding carboxylic acids is 1. The van der Waals surface area contributed by atoms with Gasteiger partial charge in [0.15, 0.2) is 0 Å². The Bertz CT molecular complexity index is 995. The summed E-state index contributed by atoms with van der Waals surface area (Å²) in [5.41, 5.74) is 1.16. The van der Waals surface area contributed by atoms with E-state index in [2.05, 4.69) is 4.98 Å². The first-order valence-corrected chi connectivity index (χ1v) is 8.32. The Morgan fingerprint density at radius 3 is 2.63 bits per heavy atom. The summed E-state index contributed by atoms with van der Waals surface area (Å²) in [4.78, 5) is 15.0. The van der Waals surface area contributed by atoms with Gasteiger partial charge in [-0.1, -0.05) is 17.7 Å². The molecule has 7 heteroatoms. The fourth-order valence-electron chi connectivity index (χ4n) is 2.51. The summed E-state index contributed by atoms with van der Waals surface area (Å²) in [5, 5.41) is 11.4. The maximum absolute atomic E-state index is 13.8. The number of benzene rings is 2. The van der Waals surface area contributed by atoms with Crippen molar-refractivity contribution in [3.05, 3.63) is 93.8 Å². The van der Waals surface area contributed by atoms with E-state index >= 15 is 0 Å². The van der Waals surface area contributed by atoms with Crippen molar-refractivity contribution in [1.29, 1.82) is 0 Å². The Morgan fingerprint density at radius 2 is 1.89 bits per heavy atom. The molecule has 0 aliphatic carbocycles. The molecule has 0 aliphatic heterocycles. The third-order valence-electron chi connectivity index (χ3n) is 3.81. The van der Waals surface area contributed by atoms with E-state index in [9.17, 15) is 18.7 Å². The van der Waals surface area contributed by atoms with Crippen molar-refractivity contribution in [3.63, 3.8) is 0 Å². The first-order valence-electron chi connectivity index (χ1n) is 7.95. The fraction of sp³-hybridized carbons (Fsp3) is 0.100. The van der Waals surface area contributed by atoms with Crippen LogP contribution in [0.2, 0.25) is 5.02 Å². The molecule has 0 bridgehead atoms. The maximum Gasteiger partial charge on any atom is 0.132 e. The fourth-order valence-corrected chi connectivity index (χ4v) is 2.70. The van der Waals surface area contributed by atoms with Crippen LogP contribution in [-0.4, -0.2) is 11.0 Å². The second kappa shape index (κ2) is 8.14. The lowest BCUT2D eigenvalue weighted by atomic mass is 10.1. The van der Waals surface area contributed by atoms with Crippen molar-refractivity contribution in [2.24, 2.45) is 0 Å². The van der Waals surface area contributed by atoms with Crippen LogP contribution in [0.25, 0.3) is 0 Å². The number of aromatic nitrogens is 1. The van der Waals surface area contributed by atoms with Crippen LogP contribution in [0.1, 0.15) is 27.3 Å². The van der Waals surface area contributed by atoms with Gasteiger partial charge in [-0.05, 0) is 42.5 Å². The molecule has 0 saturated heterocycles. The van der Waals surface area contributed by atoms with Gasteiger partial charge in [0, 0.05) is 34.3 Å². The van der Waals surface area contributed by atoms with Gasteiger partial charge in [0.05, 0.1) is 11.7 Å². The third-order valence-corrected chi connectivity index (χ3v) is 4.04. The smallest absolute Gasteiger partial charge is 0.132 e. The molecule has 0 N–H and O–H groups in total. The lowest BCUT2D eigenvalue weighted by molar-refractivity contribution is -0.255. The number of hydrogen-bond donors (Lipinski definition) is 0. The Balaban J connectivity index is 1.82. The average Bonchev–Trinajstić information content (AvgIpc) is 2.62. The normalized spacial score (nSPS) is 10.6. The number of aromatic carboxylic acids is 1. The number of halogens is 3. The molecule has 138 valence electrons. The van der Waals surface area contributed by atoms with E-state index < -0.39 is 17.6 Å². The van der Waals surface area contributed by atoms with Crippen molar-refractivity contribution in [3.8, 4) is 5.75 Å². The minimum Gasteiger partial charge on any atom is -0.543 e. The second-order valence-corrected chi connectivity index (χ2v) is 6.19. The summed E-state index contributed by atoms with van der Waals surface area (Å²) in [7, 11) is 0. The molecule has 1 heterocycles. The molecular formula is C20H13ClF2NO3-. The number of nitrogens with zero attached hydrogens (tertiary/aromatic N) is 1. The average molecular weight is 389 g/mol. The zero-order chi connectivity index (χ0) is 19.4. The number of carboxylic acids is 1. The highest BCUT2D eigenvalue weighted by Gasteiger charge is 2.10. The highest BCUT2D eigenvalue weighted by atomic mass is 35.5. The molecule has 0 radical (unpaired) electrons. The number of pyridine rings is 1. The third kappa shape index (κ3) is 4.80. The van der Waals surface area contributed by atoms with Crippen LogP contribution in [0.15, 0.2) is 54.6 Å². The van der Waals surface area contributed by atoms with Crippen LogP contribution in [0.5, 0.6) is 5.75 Å². The van der Waals surface area contributed by atoms with E-state index in [1.54, 1.807) is 30.3 Å². The molecule has 0 unspecified atom stereocenters. The van der Waals surface area contributed by atoms with Gasteiger partial charge in [-0.15, -0.1) is 0 Å². The number of hydrogen-bond acceptors (Lipinski definition) is 4. The minimum atomic E-state index is -1.37. The molecule has 1 aromatic heterocycles. The van der Waals surface area contributed by atoms with Gasteiger partial charge < -0.3 is 14.6 Å². The van der Waals surface area contributed by atoms with Crippen LogP contribution >= 0.6 is 11.6 Å². The summed E-state index contributed by atoms with van der Waals surface area (Å²) in [6.45, 7) is -0.104. The van der Waals surface area contributed by atoms with Crippen molar-refractivity contribution in [2.75, 3.05) is 0 Å².